The van der Waals surface area contributed by atoms with Gasteiger partial charge in [0, 0.05) is 12.8 Å². The summed E-state index contributed by atoms with van der Waals surface area (Å²) in [6.45, 7) is 5.71. The van der Waals surface area contributed by atoms with Gasteiger partial charge in [0.05, 0.1) is 13.0 Å². The minimum absolute atomic E-state index is 0.0170. The third kappa shape index (κ3) is 39.0. The van der Waals surface area contributed by atoms with E-state index in [1.54, 1.807) is 6.08 Å². The maximum Gasteiger partial charge on any atom is 0.335 e. The van der Waals surface area contributed by atoms with E-state index in [1.165, 1.54) is 70.6 Å². The van der Waals surface area contributed by atoms with Crippen molar-refractivity contribution in [3.8, 4) is 0 Å². The number of allylic oxidation sites excluding steroid dienone is 13. The van der Waals surface area contributed by atoms with Crippen LogP contribution in [0.1, 0.15) is 226 Å². The number of carboxylic acids is 1. The molecule has 12 heteroatoms. The van der Waals surface area contributed by atoms with Crippen LogP contribution in [0.2, 0.25) is 0 Å². The summed E-state index contributed by atoms with van der Waals surface area (Å²) in [5, 5.41) is 31.4. The Balaban J connectivity index is 2.77. The number of hydrogen-bond acceptors (Lipinski definition) is 11. The topological polar surface area (TPSA) is 175 Å². The Hall–Kier alpha value is -4.10. The van der Waals surface area contributed by atoms with E-state index in [4.69, 9.17) is 23.7 Å². The number of aliphatic carboxylic acids is 1. The first-order chi connectivity index (χ1) is 35.6. The van der Waals surface area contributed by atoms with E-state index in [-0.39, 0.29) is 25.9 Å². The van der Waals surface area contributed by atoms with Gasteiger partial charge >= 0.3 is 23.9 Å². The number of unbranched alkanes of at least 4 members (excludes halogenated alkanes) is 20. The molecular formula is C61H100O12. The fourth-order valence-corrected chi connectivity index (χ4v) is 8.13. The van der Waals surface area contributed by atoms with Gasteiger partial charge in [0.2, 0.25) is 0 Å². The SMILES string of the molecule is CC/C=C\C/C=C\C/C=C\C/C=C\C/C=C\CC(=O)OCC(COC1OC(C(=O)O)C(O)C(O)C1OC(=O)CCCCCCC/C=C\C/C=C\CCC)OC(=O)CCCCCCCCCCCCCCCCC. The molecule has 1 aliphatic rings. The first kappa shape index (κ1) is 66.9. The van der Waals surface area contributed by atoms with E-state index in [1.807, 2.05) is 12.2 Å². The maximum atomic E-state index is 13.1. The molecule has 1 saturated heterocycles. The van der Waals surface area contributed by atoms with Gasteiger partial charge in [0.25, 0.3) is 0 Å². The number of aliphatic hydroxyl groups is 2. The first-order valence-corrected chi connectivity index (χ1v) is 28.6. The molecule has 0 spiro atoms. The molecule has 6 atom stereocenters. The minimum Gasteiger partial charge on any atom is -0.479 e. The lowest BCUT2D eigenvalue weighted by molar-refractivity contribution is -0.301. The number of hydrogen-bond donors (Lipinski definition) is 3. The number of esters is 3. The lowest BCUT2D eigenvalue weighted by atomic mass is 9.98. The van der Waals surface area contributed by atoms with E-state index in [0.29, 0.717) is 19.3 Å². The molecule has 0 aromatic rings. The highest BCUT2D eigenvalue weighted by atomic mass is 16.7. The maximum absolute atomic E-state index is 13.1. The second-order valence-electron chi connectivity index (χ2n) is 19.2. The van der Waals surface area contributed by atoms with Crippen LogP contribution in [0.25, 0.3) is 0 Å². The molecule has 0 aliphatic carbocycles. The van der Waals surface area contributed by atoms with Gasteiger partial charge in [0.15, 0.2) is 24.6 Å². The lowest BCUT2D eigenvalue weighted by Crippen LogP contribution is -2.61. The van der Waals surface area contributed by atoms with Crippen molar-refractivity contribution in [2.45, 2.75) is 263 Å². The van der Waals surface area contributed by atoms with Crippen LogP contribution < -0.4 is 0 Å². The summed E-state index contributed by atoms with van der Waals surface area (Å²) in [5.74, 6) is -3.30. The molecule has 0 aromatic carbocycles. The number of carbonyl (C=O) groups excluding carboxylic acids is 3. The third-order valence-corrected chi connectivity index (χ3v) is 12.5. The normalized spacial score (nSPS) is 18.9. The van der Waals surface area contributed by atoms with E-state index in [9.17, 15) is 34.5 Å². The van der Waals surface area contributed by atoms with Crippen molar-refractivity contribution in [1.82, 2.24) is 0 Å². The molecule has 0 aromatic heterocycles. The van der Waals surface area contributed by atoms with Crippen molar-refractivity contribution < 1.29 is 58.2 Å². The molecule has 1 aliphatic heterocycles. The molecule has 1 rings (SSSR count). The molecule has 0 bridgehead atoms. The Morgan fingerprint density at radius 3 is 1.44 bits per heavy atom. The van der Waals surface area contributed by atoms with Crippen LogP contribution in [0, 0.1) is 0 Å². The fourth-order valence-electron chi connectivity index (χ4n) is 8.13. The summed E-state index contributed by atoms with van der Waals surface area (Å²) < 4.78 is 28.2. The number of ether oxygens (including phenoxy) is 5. The molecule has 0 amide bonds. The summed E-state index contributed by atoms with van der Waals surface area (Å²) in [6, 6.07) is 0. The number of aliphatic hydroxyl groups excluding tert-OH is 2. The van der Waals surface area contributed by atoms with E-state index in [0.717, 1.165) is 96.3 Å². The van der Waals surface area contributed by atoms with Gasteiger partial charge in [-0.1, -0.05) is 221 Å². The highest BCUT2D eigenvalue weighted by Gasteiger charge is 2.50. The van der Waals surface area contributed by atoms with Crippen LogP contribution in [-0.4, -0.2) is 89.2 Å². The molecule has 6 unspecified atom stereocenters. The van der Waals surface area contributed by atoms with Gasteiger partial charge in [-0.25, -0.2) is 4.79 Å². The average Bonchev–Trinajstić information content (AvgIpc) is 3.37. The summed E-state index contributed by atoms with van der Waals surface area (Å²) >= 11 is 0. The van der Waals surface area contributed by atoms with Crippen LogP contribution in [0.4, 0.5) is 0 Å². The van der Waals surface area contributed by atoms with Crippen molar-refractivity contribution in [2.75, 3.05) is 13.2 Å². The van der Waals surface area contributed by atoms with E-state index < -0.39 is 67.3 Å². The zero-order valence-electron chi connectivity index (χ0n) is 45.6. The fraction of sp³-hybridized carbons (Fsp3) is 0.705. The Labute approximate surface area is 441 Å². The van der Waals surface area contributed by atoms with Gasteiger partial charge in [-0.15, -0.1) is 0 Å². The Kier molecular flexibility index (Phi) is 44.7. The quantitative estimate of drug-likeness (QED) is 0.0228. The molecule has 0 radical (unpaired) electrons. The largest absolute Gasteiger partial charge is 0.479 e. The Morgan fingerprint density at radius 2 is 0.932 bits per heavy atom. The second-order valence-corrected chi connectivity index (χ2v) is 19.2. The highest BCUT2D eigenvalue weighted by molar-refractivity contribution is 5.74. The number of carboxylic acid groups (broad SMARTS) is 1. The molecule has 416 valence electrons. The van der Waals surface area contributed by atoms with Crippen LogP contribution in [0.5, 0.6) is 0 Å². The molecule has 73 heavy (non-hydrogen) atoms. The predicted octanol–water partition coefficient (Wildman–Crippen LogP) is 14.3. The van der Waals surface area contributed by atoms with Crippen LogP contribution in [0.3, 0.4) is 0 Å². The summed E-state index contributed by atoms with van der Waals surface area (Å²) in [4.78, 5) is 51.0. The second kappa shape index (κ2) is 48.8. The first-order valence-electron chi connectivity index (χ1n) is 28.6. The Morgan fingerprint density at radius 1 is 0.479 bits per heavy atom. The summed E-state index contributed by atoms with van der Waals surface area (Å²) in [5.41, 5.74) is 0. The van der Waals surface area contributed by atoms with Crippen LogP contribution in [-0.2, 0) is 42.9 Å². The van der Waals surface area contributed by atoms with Gasteiger partial charge in [-0.2, -0.15) is 0 Å². The van der Waals surface area contributed by atoms with Gasteiger partial charge < -0.3 is 39.0 Å². The predicted molar refractivity (Wildman–Crippen MR) is 294 cm³/mol. The van der Waals surface area contributed by atoms with E-state index in [2.05, 4.69) is 87.6 Å². The molecule has 12 nitrogen and oxygen atoms in total. The van der Waals surface area contributed by atoms with Crippen LogP contribution >= 0.6 is 0 Å². The molecule has 0 saturated carbocycles. The monoisotopic (exact) mass is 1020 g/mol. The minimum atomic E-state index is -1.92. The number of rotatable bonds is 47. The molecule has 1 fully saturated rings. The lowest BCUT2D eigenvalue weighted by Gasteiger charge is -2.40. The van der Waals surface area contributed by atoms with Gasteiger partial charge in [-0.3, -0.25) is 14.4 Å². The molecule has 1 heterocycles. The van der Waals surface area contributed by atoms with E-state index >= 15 is 0 Å². The van der Waals surface area contributed by atoms with Crippen LogP contribution in [0.15, 0.2) is 85.1 Å². The van der Waals surface area contributed by atoms with Gasteiger partial charge in [0.1, 0.15) is 18.8 Å². The standard InChI is InChI=1S/C61H100O12/c1-4-7-10-13-16-19-22-25-27-30-32-35-38-41-44-47-53(62)69-50-52(71-54(63)48-45-42-39-36-34-31-28-26-23-20-17-14-11-8-5-2)51-70-61-59(57(66)56(65)58(73-61)60(67)68)72-55(64)49-46-43-40-37-33-29-24-21-18-15-12-9-6-3/h7,10,12,15-16,19,21,24-25,27,32,35,41,44,52,56-59,61,65-66H,4-6,8-9,11,13-14,17-18,20,22-23,26,28-31,33-34,36-40,42-43,45-51H2,1-3H3,(H,67,68)/b10-7-,15-12-,19-16-,24-21-,27-25-,35-32-,44-41-. The molecule has 3 N–H and O–H groups in total. The third-order valence-electron chi connectivity index (χ3n) is 12.5. The van der Waals surface area contributed by atoms with Crippen molar-refractivity contribution in [3.05, 3.63) is 85.1 Å². The zero-order valence-corrected chi connectivity index (χ0v) is 45.6. The summed E-state index contributed by atoms with van der Waals surface area (Å²) in [7, 11) is 0. The zero-order chi connectivity index (χ0) is 53.3. The average molecular weight is 1030 g/mol. The van der Waals surface area contributed by atoms with Crippen molar-refractivity contribution >= 4 is 23.9 Å². The van der Waals surface area contributed by atoms with Gasteiger partial charge in [-0.05, 0) is 70.6 Å². The van der Waals surface area contributed by atoms with Crippen molar-refractivity contribution in [3.63, 3.8) is 0 Å². The van der Waals surface area contributed by atoms with Crippen molar-refractivity contribution in [1.29, 1.82) is 0 Å². The summed E-state index contributed by atoms with van der Waals surface area (Å²) in [6.07, 6.45) is 50.1. The smallest absolute Gasteiger partial charge is 0.335 e. The number of carbonyl (C=O) groups is 4. The highest BCUT2D eigenvalue weighted by Crippen LogP contribution is 2.26. The molecular weight excluding hydrogens is 925 g/mol. The Bertz CT molecular complexity index is 1590. The van der Waals surface area contributed by atoms with Crippen molar-refractivity contribution in [2.24, 2.45) is 0 Å².